The van der Waals surface area contributed by atoms with Crippen molar-refractivity contribution in [1.82, 2.24) is 0 Å². The van der Waals surface area contributed by atoms with E-state index >= 15 is 0 Å². The second-order valence-corrected chi connectivity index (χ2v) is 16.0. The van der Waals surface area contributed by atoms with Crippen LogP contribution in [0.2, 0.25) is 0 Å². The van der Waals surface area contributed by atoms with Gasteiger partial charge in [0, 0.05) is 4.48 Å². The summed E-state index contributed by atoms with van der Waals surface area (Å²) in [5.74, 6) is 0. The molecule has 1 unspecified atom stereocenters. The van der Waals surface area contributed by atoms with E-state index in [1.54, 1.807) is 0 Å². The molecule has 0 nitrogen and oxygen atoms in total. The van der Waals surface area contributed by atoms with Crippen LogP contribution in [0.1, 0.15) is 13.3 Å². The zero-order valence-corrected chi connectivity index (χ0v) is 20.5. The Morgan fingerprint density at radius 3 is 1.75 bits per heavy atom. The quantitative estimate of drug-likeness (QED) is 0.248. The molecule has 0 radical (unpaired) electrons. The normalized spacial score (nSPS) is 35.7. The molecule has 94 valence electrons. The predicted octanol–water partition coefficient (Wildman–Crippen LogP) is 7.28. The molecular formula is C8H6Br8. The number of alkyl halides is 7. The van der Waals surface area contributed by atoms with Gasteiger partial charge in [-0.3, -0.25) is 0 Å². The Morgan fingerprint density at radius 1 is 0.938 bits per heavy atom. The van der Waals surface area contributed by atoms with E-state index in [4.69, 9.17) is 0 Å². The van der Waals surface area contributed by atoms with Gasteiger partial charge < -0.3 is 0 Å². The molecule has 0 amide bonds. The van der Waals surface area contributed by atoms with Gasteiger partial charge in [-0.05, 0) is 6.42 Å². The second kappa shape index (κ2) is 5.41. The minimum absolute atomic E-state index is 0.239. The van der Waals surface area contributed by atoms with E-state index in [-0.39, 0.29) is 4.32 Å². The molecule has 0 aromatic heterocycles. The van der Waals surface area contributed by atoms with Gasteiger partial charge in [-0.15, -0.1) is 0 Å². The summed E-state index contributed by atoms with van der Waals surface area (Å²) < 4.78 is -0.628. The van der Waals surface area contributed by atoms with Gasteiger partial charge >= 0.3 is 0 Å². The van der Waals surface area contributed by atoms with Gasteiger partial charge in [-0.1, -0.05) is 140 Å². The summed E-state index contributed by atoms with van der Waals surface area (Å²) >= 11 is 29.6. The lowest BCUT2D eigenvalue weighted by atomic mass is 9.92. The van der Waals surface area contributed by atoms with Crippen LogP contribution >= 0.6 is 127 Å². The van der Waals surface area contributed by atoms with Crippen molar-refractivity contribution >= 4 is 127 Å². The number of allylic oxidation sites excluding steroid dienone is 2. The lowest BCUT2D eigenvalue weighted by Crippen LogP contribution is -2.60. The summed E-state index contributed by atoms with van der Waals surface area (Å²) in [4.78, 5) is 0. The molecule has 1 rings (SSSR count). The molecule has 0 saturated carbocycles. The van der Waals surface area contributed by atoms with Crippen LogP contribution in [0.25, 0.3) is 0 Å². The molecule has 8 heteroatoms. The molecule has 0 aromatic carbocycles. The predicted molar refractivity (Wildman–Crippen MR) is 101 cm³/mol. The Labute approximate surface area is 163 Å². The number of hydrogen-bond donors (Lipinski definition) is 0. The molecule has 0 saturated heterocycles. The molecule has 16 heavy (non-hydrogen) atoms. The third-order valence-corrected chi connectivity index (χ3v) is 18.1. The first-order valence-electron chi connectivity index (χ1n) is 4.15. The third kappa shape index (κ3) is 2.43. The van der Waals surface area contributed by atoms with Crippen LogP contribution in [0.3, 0.4) is 0 Å². The van der Waals surface area contributed by atoms with E-state index < -0.39 is 9.70 Å². The second-order valence-electron chi connectivity index (χ2n) is 3.43. The maximum absolute atomic E-state index is 3.78. The van der Waals surface area contributed by atoms with Gasteiger partial charge in [-0.2, -0.15) is 0 Å². The van der Waals surface area contributed by atoms with E-state index in [1.165, 1.54) is 0 Å². The Morgan fingerprint density at radius 2 is 1.38 bits per heavy atom. The maximum Gasteiger partial charge on any atom is 0.139 e. The molecule has 0 fully saturated rings. The Kier molecular flexibility index (Phi) is 5.96. The van der Waals surface area contributed by atoms with Crippen LogP contribution in [0.5, 0.6) is 0 Å². The molecule has 1 aliphatic carbocycles. The highest BCUT2D eigenvalue weighted by Crippen LogP contribution is 2.71. The minimum Gasteiger partial charge on any atom is -0.0782 e. The lowest BCUT2D eigenvalue weighted by molar-refractivity contribution is 0.572. The molecule has 0 heterocycles. The standard InChI is InChI=1S/C8H6Br8/c1-2-5(10)3-4(9)6(11,12)8(15,16)7(5,13)14/h3H,2H2,1H3. The first-order valence-corrected chi connectivity index (χ1v) is 10.5. The van der Waals surface area contributed by atoms with Crippen molar-refractivity contribution in [3.63, 3.8) is 0 Å². The first kappa shape index (κ1) is 17.6. The molecule has 0 N–H and O–H groups in total. The van der Waals surface area contributed by atoms with Crippen LogP contribution in [0, 0.1) is 0 Å². The lowest BCUT2D eigenvalue weighted by Gasteiger charge is -2.53. The smallest absolute Gasteiger partial charge is 0.0782 e. The van der Waals surface area contributed by atoms with E-state index in [2.05, 4.69) is 140 Å². The van der Waals surface area contributed by atoms with Gasteiger partial charge in [0.25, 0.3) is 0 Å². The van der Waals surface area contributed by atoms with E-state index in [0.717, 1.165) is 10.9 Å². The van der Waals surface area contributed by atoms with Gasteiger partial charge in [0.15, 0.2) is 0 Å². The zero-order valence-electron chi connectivity index (χ0n) is 7.81. The topological polar surface area (TPSA) is 0 Å². The minimum atomic E-state index is -0.493. The third-order valence-electron chi connectivity index (χ3n) is 2.48. The zero-order chi connectivity index (χ0) is 13.0. The van der Waals surface area contributed by atoms with Gasteiger partial charge in [0.05, 0.1) is 4.32 Å². The SMILES string of the molecule is CCC1(Br)C=C(Br)C(Br)(Br)C(Br)(Br)C1(Br)Br. The fourth-order valence-electron chi connectivity index (χ4n) is 1.31. The number of hydrogen-bond acceptors (Lipinski definition) is 0. The molecule has 0 aliphatic heterocycles. The van der Waals surface area contributed by atoms with E-state index in [0.29, 0.717) is 0 Å². The van der Waals surface area contributed by atoms with Gasteiger partial charge in [0.2, 0.25) is 0 Å². The molecule has 1 atom stereocenters. The highest BCUT2D eigenvalue weighted by atomic mass is 79.9. The maximum atomic E-state index is 3.78. The number of halogens is 8. The Hall–Kier alpha value is 3.58. The van der Waals surface area contributed by atoms with Crippen molar-refractivity contribution in [2.45, 2.75) is 27.4 Å². The van der Waals surface area contributed by atoms with Crippen LogP contribution < -0.4 is 0 Å². The van der Waals surface area contributed by atoms with Crippen molar-refractivity contribution in [2.75, 3.05) is 0 Å². The van der Waals surface area contributed by atoms with E-state index in [9.17, 15) is 0 Å². The van der Waals surface area contributed by atoms with Crippen molar-refractivity contribution < 1.29 is 0 Å². The molecule has 1 aliphatic rings. The van der Waals surface area contributed by atoms with Crippen molar-refractivity contribution in [1.29, 1.82) is 0 Å². The van der Waals surface area contributed by atoms with Crippen molar-refractivity contribution in [3.8, 4) is 0 Å². The van der Waals surface area contributed by atoms with Crippen molar-refractivity contribution in [2.24, 2.45) is 0 Å². The first-order chi connectivity index (χ1) is 6.94. The van der Waals surface area contributed by atoms with E-state index in [1.807, 2.05) is 0 Å². The van der Waals surface area contributed by atoms with Crippen LogP contribution in [-0.2, 0) is 0 Å². The van der Waals surface area contributed by atoms with Gasteiger partial charge in [-0.25, -0.2) is 0 Å². The molecule has 0 spiro atoms. The summed E-state index contributed by atoms with van der Waals surface area (Å²) in [5.41, 5.74) is 0. The Bertz CT molecular complexity index is 331. The van der Waals surface area contributed by atoms with Crippen molar-refractivity contribution in [3.05, 3.63) is 10.6 Å². The summed E-state index contributed by atoms with van der Waals surface area (Å²) in [6.07, 6.45) is 3.04. The van der Waals surface area contributed by atoms with Crippen LogP contribution in [-0.4, -0.2) is 14.0 Å². The summed E-state index contributed by atoms with van der Waals surface area (Å²) in [7, 11) is 0. The average Bonchev–Trinajstić information content (AvgIpc) is 2.14. The highest BCUT2D eigenvalue weighted by molar-refractivity contribution is 9.33. The fourth-order valence-corrected chi connectivity index (χ4v) is 8.31. The van der Waals surface area contributed by atoms with Crippen LogP contribution in [0.15, 0.2) is 10.6 Å². The number of rotatable bonds is 1. The molecule has 0 bridgehead atoms. The van der Waals surface area contributed by atoms with Gasteiger partial charge in [0.1, 0.15) is 9.70 Å². The summed E-state index contributed by atoms with van der Waals surface area (Å²) in [6.45, 7) is 2.12. The molecule has 0 aromatic rings. The summed E-state index contributed by atoms with van der Waals surface area (Å²) in [6, 6.07) is 0. The average molecular weight is 741 g/mol. The fraction of sp³-hybridized carbons (Fsp3) is 0.750. The largest absolute Gasteiger partial charge is 0.139 e. The molecular weight excluding hydrogens is 735 g/mol. The highest BCUT2D eigenvalue weighted by Gasteiger charge is 2.68. The van der Waals surface area contributed by atoms with Crippen LogP contribution in [0.4, 0.5) is 0 Å². The summed E-state index contributed by atoms with van der Waals surface area (Å²) in [5, 5.41) is 0. The monoisotopic (exact) mass is 733 g/mol. The Balaban J connectivity index is 3.51.